The monoisotopic (exact) mass is 370 g/mol. The molecule has 0 saturated carbocycles. The molecule has 2 heterocycles. The van der Waals surface area contributed by atoms with Crippen molar-refractivity contribution in [3.63, 3.8) is 0 Å². The number of hydrogen-bond acceptors (Lipinski definition) is 3. The minimum Gasteiger partial charge on any atom is -0.489 e. The van der Waals surface area contributed by atoms with E-state index in [4.69, 9.17) is 9.72 Å². The molecule has 28 heavy (non-hydrogen) atoms. The lowest BCUT2D eigenvalue weighted by Crippen LogP contribution is -2.19. The van der Waals surface area contributed by atoms with Crippen LogP contribution < -0.4 is 4.74 Å². The summed E-state index contributed by atoms with van der Waals surface area (Å²) in [7, 11) is 4.10. The molecule has 0 radical (unpaired) electrons. The van der Waals surface area contributed by atoms with E-state index >= 15 is 0 Å². The number of para-hydroxylation sites is 1. The molecule has 5 aromatic rings. The molecule has 0 fully saturated rings. The maximum Gasteiger partial charge on any atom is 0.157 e. The molecule has 3 aromatic carbocycles. The zero-order valence-electron chi connectivity index (χ0n) is 16.0. The fraction of sp³-hybridized carbons (Fsp3) is 0.174. The van der Waals surface area contributed by atoms with E-state index in [1.807, 2.05) is 38.4 Å². The molecule has 140 valence electrons. The number of H-pyrrole nitrogens is 2. The van der Waals surface area contributed by atoms with Gasteiger partial charge in [-0.2, -0.15) is 0 Å². The first-order chi connectivity index (χ1) is 13.7. The number of nitrogens with zero attached hydrogens (tertiary/aromatic N) is 2. The van der Waals surface area contributed by atoms with Crippen molar-refractivity contribution >= 4 is 32.8 Å². The Kier molecular flexibility index (Phi) is 4.02. The van der Waals surface area contributed by atoms with Gasteiger partial charge in [-0.1, -0.05) is 48.5 Å². The Hall–Kier alpha value is -3.31. The molecule has 0 aliphatic rings. The van der Waals surface area contributed by atoms with E-state index < -0.39 is 0 Å². The topological polar surface area (TPSA) is 56.9 Å². The van der Waals surface area contributed by atoms with Gasteiger partial charge in [0.2, 0.25) is 0 Å². The molecule has 0 atom stereocenters. The zero-order valence-corrected chi connectivity index (χ0v) is 16.0. The van der Waals surface area contributed by atoms with Crippen LogP contribution in [-0.4, -0.2) is 47.1 Å². The van der Waals surface area contributed by atoms with Gasteiger partial charge in [-0.25, -0.2) is 4.98 Å². The number of nitrogens with one attached hydrogen (secondary N) is 2. The van der Waals surface area contributed by atoms with Crippen LogP contribution in [0.25, 0.3) is 44.2 Å². The number of rotatable bonds is 5. The Morgan fingerprint density at radius 2 is 1.68 bits per heavy atom. The Balaban J connectivity index is 1.75. The number of imidazole rings is 1. The summed E-state index contributed by atoms with van der Waals surface area (Å²) in [6, 6.07) is 20.6. The number of aromatic nitrogens is 3. The van der Waals surface area contributed by atoms with Gasteiger partial charge in [0.05, 0.1) is 16.4 Å². The van der Waals surface area contributed by atoms with Crippen LogP contribution in [0.3, 0.4) is 0 Å². The summed E-state index contributed by atoms with van der Waals surface area (Å²) in [5, 5.41) is 2.25. The van der Waals surface area contributed by atoms with Crippen molar-refractivity contribution in [1.82, 2.24) is 19.9 Å². The third-order valence-corrected chi connectivity index (χ3v) is 5.03. The average Bonchev–Trinajstić information content (AvgIpc) is 3.29. The van der Waals surface area contributed by atoms with Gasteiger partial charge in [0.25, 0.3) is 0 Å². The highest BCUT2D eigenvalue weighted by Crippen LogP contribution is 2.39. The van der Waals surface area contributed by atoms with Crippen molar-refractivity contribution in [2.45, 2.75) is 0 Å². The standard InChI is InChI=1S/C23H22N4O/c1-27(2)12-13-28-22-20-16-10-6-7-11-17(16)24-18(20)14-19-21(22)26-23(25-19)15-8-4-3-5-9-15/h3-11,14,24H,12-13H2,1-2H3,(H,25,26). The zero-order chi connectivity index (χ0) is 19.1. The van der Waals surface area contributed by atoms with Crippen molar-refractivity contribution in [1.29, 1.82) is 0 Å². The van der Waals surface area contributed by atoms with E-state index in [-0.39, 0.29) is 0 Å². The van der Waals surface area contributed by atoms with Gasteiger partial charge in [-0.15, -0.1) is 0 Å². The number of likely N-dealkylation sites (N-methyl/N-ethyl adjacent to an activating group) is 1. The molecule has 5 nitrogen and oxygen atoms in total. The van der Waals surface area contributed by atoms with E-state index in [9.17, 15) is 0 Å². The highest BCUT2D eigenvalue weighted by Gasteiger charge is 2.18. The average molecular weight is 370 g/mol. The summed E-state index contributed by atoms with van der Waals surface area (Å²) in [6.07, 6.45) is 0. The largest absolute Gasteiger partial charge is 0.489 e. The highest BCUT2D eigenvalue weighted by atomic mass is 16.5. The summed E-state index contributed by atoms with van der Waals surface area (Å²) in [5.74, 6) is 1.69. The van der Waals surface area contributed by atoms with Crippen molar-refractivity contribution in [2.75, 3.05) is 27.2 Å². The Morgan fingerprint density at radius 1 is 0.893 bits per heavy atom. The van der Waals surface area contributed by atoms with Crippen LogP contribution in [0.2, 0.25) is 0 Å². The van der Waals surface area contributed by atoms with E-state index in [0.717, 1.165) is 56.5 Å². The second kappa shape index (κ2) is 6.69. The predicted octanol–water partition coefficient (Wildman–Crippen LogP) is 4.80. The third-order valence-electron chi connectivity index (χ3n) is 5.03. The minimum atomic E-state index is 0.605. The molecule has 5 heteroatoms. The van der Waals surface area contributed by atoms with Crippen LogP contribution in [0.4, 0.5) is 0 Å². The van der Waals surface area contributed by atoms with Crippen LogP contribution in [-0.2, 0) is 0 Å². The molecule has 0 aliphatic carbocycles. The van der Waals surface area contributed by atoms with Gasteiger partial charge >= 0.3 is 0 Å². The molecular formula is C23H22N4O. The second-order valence-electron chi connectivity index (χ2n) is 7.30. The molecule has 0 amide bonds. The fourth-order valence-corrected chi connectivity index (χ4v) is 3.65. The number of benzene rings is 3. The first-order valence-electron chi connectivity index (χ1n) is 9.47. The molecule has 0 spiro atoms. The van der Waals surface area contributed by atoms with Crippen molar-refractivity contribution in [2.24, 2.45) is 0 Å². The van der Waals surface area contributed by atoms with Gasteiger partial charge < -0.3 is 19.6 Å². The highest BCUT2D eigenvalue weighted by molar-refractivity contribution is 6.16. The van der Waals surface area contributed by atoms with E-state index in [0.29, 0.717) is 6.61 Å². The fourth-order valence-electron chi connectivity index (χ4n) is 3.65. The normalized spacial score (nSPS) is 11.8. The van der Waals surface area contributed by atoms with E-state index in [1.54, 1.807) is 0 Å². The van der Waals surface area contributed by atoms with Gasteiger partial charge in [-0.3, -0.25) is 0 Å². The van der Waals surface area contributed by atoms with Crippen LogP contribution in [0.5, 0.6) is 5.75 Å². The first-order valence-corrected chi connectivity index (χ1v) is 9.47. The van der Waals surface area contributed by atoms with Crippen LogP contribution >= 0.6 is 0 Å². The SMILES string of the molecule is CN(C)CCOc1c2nc(-c3ccccc3)[nH]c2cc2[nH]c3ccccc3c12. The van der Waals surface area contributed by atoms with Crippen LogP contribution in [0, 0.1) is 0 Å². The molecule has 2 aromatic heterocycles. The lowest BCUT2D eigenvalue weighted by atomic mass is 10.1. The van der Waals surface area contributed by atoms with Gasteiger partial charge in [0.15, 0.2) is 5.75 Å². The third kappa shape index (κ3) is 2.80. The smallest absolute Gasteiger partial charge is 0.157 e. The molecule has 0 aliphatic heterocycles. The number of fused-ring (bicyclic) bond motifs is 4. The number of hydrogen-bond donors (Lipinski definition) is 2. The maximum absolute atomic E-state index is 6.31. The quantitative estimate of drug-likeness (QED) is 0.467. The molecule has 5 rings (SSSR count). The van der Waals surface area contributed by atoms with Crippen molar-refractivity contribution < 1.29 is 4.74 Å². The van der Waals surface area contributed by atoms with Gasteiger partial charge in [0, 0.05) is 23.0 Å². The Morgan fingerprint density at radius 3 is 2.50 bits per heavy atom. The summed E-state index contributed by atoms with van der Waals surface area (Å²) >= 11 is 0. The molecule has 0 saturated heterocycles. The summed E-state index contributed by atoms with van der Waals surface area (Å²) in [6.45, 7) is 1.45. The minimum absolute atomic E-state index is 0.605. The van der Waals surface area contributed by atoms with Gasteiger partial charge in [0.1, 0.15) is 17.9 Å². The lowest BCUT2D eigenvalue weighted by Gasteiger charge is -2.12. The van der Waals surface area contributed by atoms with Crippen molar-refractivity contribution in [3.05, 3.63) is 60.7 Å². The van der Waals surface area contributed by atoms with E-state index in [1.165, 1.54) is 0 Å². The second-order valence-corrected chi connectivity index (χ2v) is 7.30. The lowest BCUT2D eigenvalue weighted by molar-refractivity contribution is 0.265. The Labute approximate surface area is 163 Å². The van der Waals surface area contributed by atoms with E-state index in [2.05, 4.69) is 51.3 Å². The number of aromatic amines is 2. The predicted molar refractivity (Wildman–Crippen MR) is 115 cm³/mol. The molecule has 0 bridgehead atoms. The van der Waals surface area contributed by atoms with Crippen LogP contribution in [0.1, 0.15) is 0 Å². The Bertz CT molecular complexity index is 1270. The molecular weight excluding hydrogens is 348 g/mol. The summed E-state index contributed by atoms with van der Waals surface area (Å²) in [5.41, 5.74) is 5.06. The molecule has 2 N–H and O–H groups in total. The summed E-state index contributed by atoms with van der Waals surface area (Å²) in [4.78, 5) is 14.0. The summed E-state index contributed by atoms with van der Waals surface area (Å²) < 4.78 is 6.31. The maximum atomic E-state index is 6.31. The van der Waals surface area contributed by atoms with Crippen LogP contribution in [0.15, 0.2) is 60.7 Å². The van der Waals surface area contributed by atoms with Gasteiger partial charge in [-0.05, 0) is 26.2 Å². The number of ether oxygens (including phenoxy) is 1. The van der Waals surface area contributed by atoms with Crippen molar-refractivity contribution in [3.8, 4) is 17.1 Å². The molecule has 0 unspecified atom stereocenters. The first kappa shape index (κ1) is 16.8.